The first-order valence-corrected chi connectivity index (χ1v) is 8.08. The van der Waals surface area contributed by atoms with Crippen molar-refractivity contribution in [2.24, 2.45) is 5.92 Å². The second kappa shape index (κ2) is 5.73. The van der Waals surface area contributed by atoms with Crippen molar-refractivity contribution in [3.8, 4) is 0 Å². The Morgan fingerprint density at radius 1 is 1.12 bits per heavy atom. The number of fused-ring (bicyclic) bond motifs is 3. The molecule has 2 aromatic carbocycles. The average Bonchev–Trinajstić information content (AvgIpc) is 3.10. The van der Waals surface area contributed by atoms with Gasteiger partial charge in [-0.15, -0.1) is 0 Å². The highest BCUT2D eigenvalue weighted by Gasteiger charge is 2.40. The number of aromatic carboxylic acids is 1. The van der Waals surface area contributed by atoms with Crippen LogP contribution in [0.5, 0.6) is 0 Å². The van der Waals surface area contributed by atoms with Crippen LogP contribution in [0, 0.1) is 16.0 Å². The van der Waals surface area contributed by atoms with E-state index in [1.165, 1.54) is 12.1 Å². The van der Waals surface area contributed by atoms with Gasteiger partial charge in [-0.2, -0.15) is 0 Å². The molecule has 1 aliphatic carbocycles. The van der Waals surface area contributed by atoms with Gasteiger partial charge in [0.1, 0.15) is 0 Å². The van der Waals surface area contributed by atoms with Crippen LogP contribution in [-0.2, 0) is 0 Å². The van der Waals surface area contributed by atoms with E-state index in [1.807, 2.05) is 6.07 Å². The fourth-order valence-electron chi connectivity index (χ4n) is 4.02. The minimum atomic E-state index is -1.26. The minimum absolute atomic E-state index is 0.0281. The molecule has 0 bridgehead atoms. The number of nitrogens with zero attached hydrogens (tertiary/aromatic N) is 1. The lowest BCUT2D eigenvalue weighted by atomic mass is 9.76. The van der Waals surface area contributed by atoms with Crippen LogP contribution in [0.15, 0.2) is 54.6 Å². The zero-order chi connectivity index (χ0) is 17.6. The maximum atomic E-state index is 11.5. The summed E-state index contributed by atoms with van der Waals surface area (Å²) in [7, 11) is 0. The Labute approximate surface area is 144 Å². The van der Waals surface area contributed by atoms with Gasteiger partial charge < -0.3 is 15.2 Å². The first-order chi connectivity index (χ1) is 12.1. The van der Waals surface area contributed by atoms with E-state index < -0.39 is 10.9 Å². The van der Waals surface area contributed by atoms with E-state index in [0.29, 0.717) is 11.3 Å². The summed E-state index contributed by atoms with van der Waals surface area (Å²) in [4.78, 5) is 22.5. The molecule has 126 valence electrons. The summed E-state index contributed by atoms with van der Waals surface area (Å²) in [5.74, 6) is -1.13. The van der Waals surface area contributed by atoms with Gasteiger partial charge in [0.05, 0.1) is 22.5 Å². The maximum absolute atomic E-state index is 11.5. The quantitative estimate of drug-likeness (QED) is 0.529. The molecule has 0 unspecified atom stereocenters. The third-order valence-corrected chi connectivity index (χ3v) is 5.09. The van der Waals surface area contributed by atoms with Crippen LogP contribution in [0.1, 0.15) is 39.9 Å². The van der Waals surface area contributed by atoms with E-state index in [1.54, 1.807) is 24.3 Å². The second-order valence-corrected chi connectivity index (χ2v) is 6.35. The molecule has 6 heteroatoms. The van der Waals surface area contributed by atoms with Gasteiger partial charge in [-0.3, -0.25) is 10.1 Å². The topological polar surface area (TPSA) is 95.3 Å². The van der Waals surface area contributed by atoms with E-state index >= 15 is 0 Å². The Morgan fingerprint density at radius 2 is 1.88 bits per heavy atom. The molecular formula is C19H15N2O4-. The molecule has 2 aliphatic rings. The predicted molar refractivity (Wildman–Crippen MR) is 90.2 cm³/mol. The number of nitro benzene ring substituents is 1. The molecule has 0 spiro atoms. The Hall–Kier alpha value is -3.15. The van der Waals surface area contributed by atoms with E-state index in [9.17, 15) is 20.0 Å². The lowest BCUT2D eigenvalue weighted by molar-refractivity contribution is -0.385. The standard InChI is InChI=1S/C19H16N2O4/c22-19(23)15-9-4-8-13-11-6-3-7-12(11)17(20-18(13)15)14-5-1-2-10-16(14)21(24)25/h1-6,8-12,17,20H,7H2,(H,22,23)/p-1/t11-,12+,17-/m0/s1. The Bertz CT molecular complexity index is 906. The lowest BCUT2D eigenvalue weighted by Crippen LogP contribution is -2.32. The van der Waals surface area contributed by atoms with Gasteiger partial charge in [0.15, 0.2) is 0 Å². The van der Waals surface area contributed by atoms with Gasteiger partial charge >= 0.3 is 0 Å². The molecule has 6 nitrogen and oxygen atoms in total. The van der Waals surface area contributed by atoms with Crippen molar-refractivity contribution in [2.75, 3.05) is 5.32 Å². The van der Waals surface area contributed by atoms with Crippen LogP contribution in [0.25, 0.3) is 0 Å². The highest BCUT2D eigenvalue weighted by Crippen LogP contribution is 2.51. The zero-order valence-corrected chi connectivity index (χ0v) is 13.2. The molecule has 2 aromatic rings. The van der Waals surface area contributed by atoms with E-state index in [4.69, 9.17) is 0 Å². The number of carboxylic acid groups (broad SMARTS) is 1. The van der Waals surface area contributed by atoms with Crippen molar-refractivity contribution in [1.82, 2.24) is 0 Å². The molecule has 0 amide bonds. The van der Waals surface area contributed by atoms with Gasteiger partial charge in [-0.25, -0.2) is 0 Å². The molecule has 25 heavy (non-hydrogen) atoms. The summed E-state index contributed by atoms with van der Waals surface area (Å²) in [5, 5.41) is 26.2. The van der Waals surface area contributed by atoms with Crippen molar-refractivity contribution in [1.29, 1.82) is 0 Å². The summed E-state index contributed by atoms with van der Waals surface area (Å²) < 4.78 is 0. The molecular weight excluding hydrogens is 320 g/mol. The largest absolute Gasteiger partial charge is 0.545 e. The van der Waals surface area contributed by atoms with Crippen molar-refractivity contribution in [3.05, 3.63) is 81.4 Å². The zero-order valence-electron chi connectivity index (χ0n) is 13.2. The second-order valence-electron chi connectivity index (χ2n) is 6.35. The molecule has 0 radical (unpaired) electrons. The van der Waals surface area contributed by atoms with Crippen LogP contribution in [0.3, 0.4) is 0 Å². The number of anilines is 1. The smallest absolute Gasteiger partial charge is 0.274 e. The predicted octanol–water partition coefficient (Wildman–Crippen LogP) is 2.78. The molecule has 1 N–H and O–H groups in total. The van der Waals surface area contributed by atoms with Gasteiger partial charge in [0, 0.05) is 23.2 Å². The van der Waals surface area contributed by atoms with E-state index in [-0.39, 0.29) is 29.1 Å². The number of carbonyl (C=O) groups excluding carboxylic acids is 1. The SMILES string of the molecule is O=C([O-])c1cccc2c1N[C@H](c1ccccc1[N+](=O)[O-])[C@@H]1CC=C[C@H]21. The van der Waals surface area contributed by atoms with Gasteiger partial charge in [0.2, 0.25) is 0 Å². The summed E-state index contributed by atoms with van der Waals surface area (Å²) in [5.41, 5.74) is 2.10. The van der Waals surface area contributed by atoms with Crippen LogP contribution in [0.4, 0.5) is 11.4 Å². The number of para-hydroxylation sites is 2. The average molecular weight is 335 g/mol. The van der Waals surface area contributed by atoms with Gasteiger partial charge in [-0.1, -0.05) is 48.6 Å². The first-order valence-electron chi connectivity index (χ1n) is 8.08. The molecule has 0 saturated heterocycles. The molecule has 0 fully saturated rings. The highest BCUT2D eigenvalue weighted by atomic mass is 16.6. The fraction of sp³-hybridized carbons (Fsp3) is 0.211. The minimum Gasteiger partial charge on any atom is -0.545 e. The first kappa shape index (κ1) is 15.4. The summed E-state index contributed by atoms with van der Waals surface area (Å²) in [6.45, 7) is 0. The van der Waals surface area contributed by atoms with Crippen molar-refractivity contribution in [2.45, 2.75) is 18.4 Å². The highest BCUT2D eigenvalue weighted by molar-refractivity contribution is 5.94. The third-order valence-electron chi connectivity index (χ3n) is 5.09. The number of allylic oxidation sites excluding steroid dienone is 2. The lowest BCUT2D eigenvalue weighted by Gasteiger charge is -2.38. The number of benzene rings is 2. The van der Waals surface area contributed by atoms with Crippen LogP contribution < -0.4 is 10.4 Å². The Morgan fingerprint density at radius 3 is 2.64 bits per heavy atom. The Balaban J connectivity index is 1.88. The van der Waals surface area contributed by atoms with E-state index in [2.05, 4.69) is 17.5 Å². The van der Waals surface area contributed by atoms with Crippen molar-refractivity contribution < 1.29 is 14.8 Å². The third kappa shape index (κ3) is 2.38. The number of nitrogens with one attached hydrogen (secondary N) is 1. The van der Waals surface area contributed by atoms with Crippen LogP contribution >= 0.6 is 0 Å². The molecule has 0 saturated carbocycles. The van der Waals surface area contributed by atoms with Gasteiger partial charge in [0.25, 0.3) is 5.69 Å². The van der Waals surface area contributed by atoms with Gasteiger partial charge in [-0.05, 0) is 17.9 Å². The van der Waals surface area contributed by atoms with Crippen molar-refractivity contribution in [3.63, 3.8) is 0 Å². The van der Waals surface area contributed by atoms with E-state index in [0.717, 1.165) is 12.0 Å². The molecule has 3 atom stereocenters. The number of carbonyl (C=O) groups is 1. The summed E-state index contributed by atoms with van der Waals surface area (Å²) in [6, 6.07) is 11.4. The fourth-order valence-corrected chi connectivity index (χ4v) is 4.02. The van der Waals surface area contributed by atoms with Crippen LogP contribution in [-0.4, -0.2) is 10.9 Å². The molecule has 4 rings (SSSR count). The summed E-state index contributed by atoms with van der Waals surface area (Å²) >= 11 is 0. The van der Waals surface area contributed by atoms with Crippen molar-refractivity contribution >= 4 is 17.3 Å². The molecule has 1 heterocycles. The molecule has 1 aliphatic heterocycles. The normalized spacial score (nSPS) is 23.4. The maximum Gasteiger partial charge on any atom is 0.274 e. The number of nitro groups is 1. The van der Waals surface area contributed by atoms with Crippen LogP contribution in [0.2, 0.25) is 0 Å². The Kier molecular flexibility index (Phi) is 3.53. The monoisotopic (exact) mass is 335 g/mol. The number of hydrogen-bond acceptors (Lipinski definition) is 5. The summed E-state index contributed by atoms with van der Waals surface area (Å²) in [6.07, 6.45) is 4.90. The number of rotatable bonds is 3. The molecule has 0 aromatic heterocycles. The number of hydrogen-bond donors (Lipinski definition) is 1. The number of carboxylic acids is 1.